The number of Topliss-reactive ketones (excluding diaryl/α,β-unsaturated/α-hetero) is 1. The summed E-state index contributed by atoms with van der Waals surface area (Å²) in [4.78, 5) is 9.44. The van der Waals surface area contributed by atoms with Crippen molar-refractivity contribution >= 4 is 17.1 Å². The van der Waals surface area contributed by atoms with Crippen LogP contribution in [0.4, 0.5) is 0 Å². The van der Waals surface area contributed by atoms with Crippen LogP contribution >= 0.6 is 0 Å². The van der Waals surface area contributed by atoms with Gasteiger partial charge in [-0.2, -0.15) is 0 Å². The zero-order valence-corrected chi connectivity index (χ0v) is 9.52. The molecule has 0 heterocycles. The van der Waals surface area contributed by atoms with Gasteiger partial charge in [0.05, 0.1) is 11.4 Å². The SMILES string of the molecule is CC(C)=O.O=S([O-])O.[K+]. The quantitative estimate of drug-likeness (QED) is 0.315. The fourth-order valence-corrected chi connectivity index (χ4v) is 0. The molecule has 0 aliphatic heterocycles. The van der Waals surface area contributed by atoms with Crippen molar-refractivity contribution in [2.24, 2.45) is 0 Å². The molecule has 4 nitrogen and oxygen atoms in total. The van der Waals surface area contributed by atoms with Gasteiger partial charge in [-0.15, -0.1) is 0 Å². The van der Waals surface area contributed by atoms with Gasteiger partial charge in [-0.25, -0.2) is 4.21 Å². The smallest absolute Gasteiger partial charge is 0.750 e. The van der Waals surface area contributed by atoms with Crippen molar-refractivity contribution < 1.29 is 69.5 Å². The molecule has 0 aliphatic carbocycles. The van der Waals surface area contributed by atoms with Crippen molar-refractivity contribution in [3.8, 4) is 0 Å². The Kier molecular flexibility index (Phi) is 22.5. The molecule has 6 heteroatoms. The molecule has 0 saturated heterocycles. The van der Waals surface area contributed by atoms with Crippen LogP contribution in [0.1, 0.15) is 13.8 Å². The van der Waals surface area contributed by atoms with Crippen LogP contribution in [0, 0.1) is 0 Å². The number of hydrogen-bond acceptors (Lipinski definition) is 3. The molecule has 0 aliphatic rings. The maximum absolute atomic E-state index is 9.44. The van der Waals surface area contributed by atoms with E-state index in [1.165, 1.54) is 13.8 Å². The third-order valence-corrected chi connectivity index (χ3v) is 0. The molecule has 0 spiro atoms. The van der Waals surface area contributed by atoms with Gasteiger partial charge in [0.2, 0.25) is 0 Å². The zero-order valence-electron chi connectivity index (χ0n) is 5.58. The van der Waals surface area contributed by atoms with E-state index >= 15 is 0 Å². The predicted molar refractivity (Wildman–Crippen MR) is 27.9 cm³/mol. The monoisotopic (exact) mass is 178 g/mol. The molecular weight excluding hydrogens is 171 g/mol. The fourth-order valence-electron chi connectivity index (χ4n) is 0. The van der Waals surface area contributed by atoms with Crippen molar-refractivity contribution in [2.75, 3.05) is 0 Å². The van der Waals surface area contributed by atoms with Gasteiger partial charge in [0.25, 0.3) is 0 Å². The normalized spacial score (nSPS) is 9.78. The van der Waals surface area contributed by atoms with Gasteiger partial charge in [-0.05, 0) is 13.8 Å². The Morgan fingerprint density at radius 3 is 1.56 bits per heavy atom. The first-order valence-corrected chi connectivity index (χ1v) is 2.75. The minimum absolute atomic E-state index is 0. The molecule has 0 bridgehead atoms. The third kappa shape index (κ3) is 269. The first kappa shape index (κ1) is 16.8. The summed E-state index contributed by atoms with van der Waals surface area (Å²) in [5, 5.41) is 0. The van der Waals surface area contributed by atoms with Crippen LogP contribution in [0.5, 0.6) is 0 Å². The van der Waals surface area contributed by atoms with Gasteiger partial charge in [-0.3, -0.25) is 0 Å². The topological polar surface area (TPSA) is 77.4 Å². The van der Waals surface area contributed by atoms with E-state index in [2.05, 4.69) is 0 Å². The summed E-state index contributed by atoms with van der Waals surface area (Å²) in [6.45, 7) is 3.06. The molecule has 0 aromatic rings. The van der Waals surface area contributed by atoms with E-state index in [9.17, 15) is 4.79 Å². The first-order chi connectivity index (χ1) is 3.46. The standard InChI is InChI=1S/C3H6O.K.H2O3S/c1-3(2)4;;1-4(2)3/h1-2H3;;(H2,1,2,3)/q;+1;/p-1. The van der Waals surface area contributed by atoms with E-state index < -0.39 is 11.4 Å². The molecule has 9 heavy (non-hydrogen) atoms. The molecule has 0 fully saturated rings. The van der Waals surface area contributed by atoms with Crippen LogP contribution in [0.3, 0.4) is 0 Å². The summed E-state index contributed by atoms with van der Waals surface area (Å²) in [6.07, 6.45) is 0. The minimum atomic E-state index is -2.86. The summed E-state index contributed by atoms with van der Waals surface area (Å²) in [7, 11) is 0. The van der Waals surface area contributed by atoms with E-state index in [0.717, 1.165) is 0 Å². The van der Waals surface area contributed by atoms with Crippen molar-refractivity contribution in [3.63, 3.8) is 0 Å². The van der Waals surface area contributed by atoms with Gasteiger partial charge in [0.1, 0.15) is 5.78 Å². The Hall–Kier alpha value is 1.38. The summed E-state index contributed by atoms with van der Waals surface area (Å²) < 4.78 is 24.1. The average Bonchev–Trinajstić information content (AvgIpc) is 1.25. The second kappa shape index (κ2) is 12.1. The molecule has 0 aromatic carbocycles. The maximum Gasteiger partial charge on any atom is 1.00 e. The molecule has 1 atom stereocenters. The Morgan fingerprint density at radius 2 is 1.56 bits per heavy atom. The van der Waals surface area contributed by atoms with Crippen molar-refractivity contribution in [1.29, 1.82) is 0 Å². The van der Waals surface area contributed by atoms with E-state index in [1.54, 1.807) is 0 Å². The Balaban J connectivity index is -0.0000000720. The predicted octanol–water partition coefficient (Wildman–Crippen LogP) is -3.06. The second-order valence-corrected chi connectivity index (χ2v) is 1.56. The van der Waals surface area contributed by atoms with Gasteiger partial charge in [0, 0.05) is 0 Å². The fraction of sp³-hybridized carbons (Fsp3) is 0.667. The van der Waals surface area contributed by atoms with Gasteiger partial charge in [0.15, 0.2) is 0 Å². The second-order valence-electron chi connectivity index (χ2n) is 1.13. The van der Waals surface area contributed by atoms with Gasteiger partial charge in [-0.1, -0.05) is 0 Å². The summed E-state index contributed by atoms with van der Waals surface area (Å²) in [5.74, 6) is 0.167. The number of carbonyl (C=O) groups is 1. The molecular formula is C3H7KO4S. The van der Waals surface area contributed by atoms with Crippen LogP contribution in [-0.2, 0) is 16.2 Å². The molecule has 0 amide bonds. The van der Waals surface area contributed by atoms with Crippen LogP contribution in [0.15, 0.2) is 0 Å². The third-order valence-electron chi connectivity index (χ3n) is 0. The number of ketones is 1. The van der Waals surface area contributed by atoms with Crippen molar-refractivity contribution in [1.82, 2.24) is 0 Å². The van der Waals surface area contributed by atoms with E-state index in [-0.39, 0.29) is 57.2 Å². The van der Waals surface area contributed by atoms with Crippen LogP contribution < -0.4 is 51.4 Å². The molecule has 0 saturated carbocycles. The van der Waals surface area contributed by atoms with Gasteiger partial charge < -0.3 is 13.9 Å². The van der Waals surface area contributed by atoms with Crippen LogP contribution in [0.2, 0.25) is 0 Å². The molecule has 0 rings (SSSR count). The maximum atomic E-state index is 9.44. The zero-order chi connectivity index (χ0) is 7.15. The van der Waals surface area contributed by atoms with Crippen molar-refractivity contribution in [2.45, 2.75) is 13.8 Å². The molecule has 50 valence electrons. The average molecular weight is 178 g/mol. The molecule has 0 aromatic heterocycles. The number of rotatable bonds is 0. The summed E-state index contributed by atoms with van der Waals surface area (Å²) in [5.41, 5.74) is 0. The first-order valence-electron chi connectivity index (χ1n) is 1.72. The summed E-state index contributed by atoms with van der Waals surface area (Å²) >= 11 is -2.86. The van der Waals surface area contributed by atoms with E-state index in [1.807, 2.05) is 0 Å². The summed E-state index contributed by atoms with van der Waals surface area (Å²) in [6, 6.07) is 0. The van der Waals surface area contributed by atoms with E-state index in [4.69, 9.17) is 13.3 Å². The Bertz CT molecular complexity index is 73.8. The van der Waals surface area contributed by atoms with E-state index in [0.29, 0.717) is 0 Å². The minimum Gasteiger partial charge on any atom is -0.750 e. The number of hydrogen-bond donors (Lipinski definition) is 1. The van der Waals surface area contributed by atoms with Crippen LogP contribution in [0.25, 0.3) is 0 Å². The molecule has 0 radical (unpaired) electrons. The van der Waals surface area contributed by atoms with Crippen LogP contribution in [-0.4, -0.2) is 19.1 Å². The Morgan fingerprint density at radius 1 is 1.56 bits per heavy atom. The number of carbonyl (C=O) groups excluding carboxylic acids is 1. The largest absolute Gasteiger partial charge is 1.00 e. The molecule has 1 N–H and O–H groups in total. The van der Waals surface area contributed by atoms with Gasteiger partial charge >= 0.3 is 51.4 Å². The molecule has 1 unspecified atom stereocenters. The Labute approximate surface area is 98.9 Å². The van der Waals surface area contributed by atoms with Crippen molar-refractivity contribution in [3.05, 3.63) is 0 Å².